The summed E-state index contributed by atoms with van der Waals surface area (Å²) < 4.78 is 12.3. The number of nitrogens with one attached hydrogen (secondary N) is 1. The van der Waals surface area contributed by atoms with Crippen LogP contribution in [-0.4, -0.2) is 34.4 Å². The maximum absolute atomic E-state index is 12.2. The van der Waals surface area contributed by atoms with Gasteiger partial charge in [0.2, 0.25) is 0 Å². The maximum Gasteiger partial charge on any atom is 0.310 e. The Kier molecular flexibility index (Phi) is 6.38. The van der Waals surface area contributed by atoms with Gasteiger partial charge < -0.3 is 14.8 Å². The highest BCUT2D eigenvalue weighted by atomic mass is 16.5. The van der Waals surface area contributed by atoms with Gasteiger partial charge in [-0.1, -0.05) is 17.7 Å². The van der Waals surface area contributed by atoms with Crippen LogP contribution in [0.4, 0.5) is 5.69 Å². The normalized spacial score (nSPS) is 11.7. The average molecular weight is 359 g/mol. The van der Waals surface area contributed by atoms with Gasteiger partial charge in [0.25, 0.3) is 5.91 Å². The lowest BCUT2D eigenvalue weighted by Crippen LogP contribution is -2.30. The fourth-order valence-corrected chi connectivity index (χ4v) is 2.38. The Hall–Kier alpha value is -2.83. The molecule has 1 N–H and O–H groups in total. The van der Waals surface area contributed by atoms with Crippen LogP contribution in [0.5, 0.6) is 5.75 Å². The molecule has 0 aliphatic carbocycles. The van der Waals surface area contributed by atoms with Crippen molar-refractivity contribution in [3.05, 3.63) is 41.2 Å². The largest absolute Gasteiger partial charge is 0.493 e. The standard InChI is InChI=1S/C19H25N3O4/c1-12-6-8-16(9-7-12)25-11-10-17(23)26-15(4)19(24)20-18-13(2)21-22(5)14(18)3/h6-9,15H,10-11H2,1-5H3,(H,20,24). The fraction of sp³-hybridized carbons (Fsp3) is 0.421. The van der Waals surface area contributed by atoms with Crippen LogP contribution in [0.3, 0.4) is 0 Å². The second-order valence-electron chi connectivity index (χ2n) is 6.20. The van der Waals surface area contributed by atoms with E-state index in [1.165, 1.54) is 6.92 Å². The lowest BCUT2D eigenvalue weighted by atomic mass is 10.2. The van der Waals surface area contributed by atoms with Gasteiger partial charge in [0.05, 0.1) is 30.1 Å². The van der Waals surface area contributed by atoms with Gasteiger partial charge in [-0.25, -0.2) is 0 Å². The Balaban J connectivity index is 1.78. The van der Waals surface area contributed by atoms with E-state index in [0.717, 1.165) is 11.3 Å². The summed E-state index contributed by atoms with van der Waals surface area (Å²) in [6, 6.07) is 7.55. The van der Waals surface area contributed by atoms with Gasteiger partial charge >= 0.3 is 5.97 Å². The van der Waals surface area contributed by atoms with Gasteiger partial charge in [-0.3, -0.25) is 14.3 Å². The highest BCUT2D eigenvalue weighted by molar-refractivity contribution is 5.96. The summed E-state index contributed by atoms with van der Waals surface area (Å²) in [4.78, 5) is 24.1. The summed E-state index contributed by atoms with van der Waals surface area (Å²) in [5.74, 6) is -0.187. The zero-order valence-electron chi connectivity index (χ0n) is 15.8. The first-order valence-electron chi connectivity index (χ1n) is 8.48. The minimum absolute atomic E-state index is 0.0659. The van der Waals surface area contributed by atoms with Gasteiger partial charge in [0.15, 0.2) is 6.10 Å². The molecular formula is C19H25N3O4. The molecule has 0 aliphatic rings. The maximum atomic E-state index is 12.2. The number of rotatable bonds is 7. The predicted octanol–water partition coefficient (Wildman–Crippen LogP) is 2.68. The third kappa shape index (κ3) is 5.08. The molecule has 2 rings (SSSR count). The van der Waals surface area contributed by atoms with Crippen molar-refractivity contribution in [1.82, 2.24) is 9.78 Å². The molecule has 0 fully saturated rings. The molecule has 0 saturated heterocycles. The van der Waals surface area contributed by atoms with Gasteiger partial charge in [0, 0.05) is 7.05 Å². The summed E-state index contributed by atoms with van der Waals surface area (Å²) in [7, 11) is 1.80. The molecule has 7 heteroatoms. The topological polar surface area (TPSA) is 82.4 Å². The molecule has 1 aromatic carbocycles. The zero-order valence-corrected chi connectivity index (χ0v) is 15.8. The van der Waals surface area contributed by atoms with Crippen molar-refractivity contribution in [1.29, 1.82) is 0 Å². The smallest absolute Gasteiger partial charge is 0.310 e. The van der Waals surface area contributed by atoms with Gasteiger partial charge in [-0.15, -0.1) is 0 Å². The average Bonchev–Trinajstić information content (AvgIpc) is 2.82. The molecule has 140 valence electrons. The molecule has 0 aliphatic heterocycles. The van der Waals surface area contributed by atoms with Crippen LogP contribution in [0.2, 0.25) is 0 Å². The van der Waals surface area contributed by atoms with E-state index in [1.807, 2.05) is 45.0 Å². The Morgan fingerprint density at radius 1 is 1.19 bits per heavy atom. The van der Waals surface area contributed by atoms with Crippen molar-refractivity contribution >= 4 is 17.6 Å². The second-order valence-corrected chi connectivity index (χ2v) is 6.20. The molecule has 1 heterocycles. The molecule has 0 radical (unpaired) electrons. The molecule has 26 heavy (non-hydrogen) atoms. The molecule has 1 atom stereocenters. The number of aromatic nitrogens is 2. The van der Waals surface area contributed by atoms with Crippen molar-refractivity contribution in [2.75, 3.05) is 11.9 Å². The predicted molar refractivity (Wildman–Crippen MR) is 98.2 cm³/mol. The van der Waals surface area contributed by atoms with Crippen molar-refractivity contribution < 1.29 is 19.1 Å². The van der Waals surface area contributed by atoms with E-state index in [-0.39, 0.29) is 13.0 Å². The van der Waals surface area contributed by atoms with E-state index in [2.05, 4.69) is 10.4 Å². The molecular weight excluding hydrogens is 334 g/mol. The summed E-state index contributed by atoms with van der Waals surface area (Å²) in [6.07, 6.45) is -0.836. The molecule has 2 aromatic rings. The molecule has 1 amide bonds. The molecule has 0 spiro atoms. The monoisotopic (exact) mass is 359 g/mol. The first kappa shape index (κ1) is 19.5. The number of benzene rings is 1. The van der Waals surface area contributed by atoms with Crippen molar-refractivity contribution in [3.8, 4) is 5.75 Å². The number of aryl methyl sites for hydroxylation is 3. The van der Waals surface area contributed by atoms with Gasteiger partial charge in [-0.2, -0.15) is 5.10 Å². The van der Waals surface area contributed by atoms with Crippen LogP contribution in [0.1, 0.15) is 30.3 Å². The third-order valence-electron chi connectivity index (χ3n) is 4.03. The van der Waals surface area contributed by atoms with E-state index < -0.39 is 18.0 Å². The highest BCUT2D eigenvalue weighted by Gasteiger charge is 2.20. The fourth-order valence-electron chi connectivity index (χ4n) is 2.38. The number of amides is 1. The quantitative estimate of drug-likeness (QED) is 0.769. The third-order valence-corrected chi connectivity index (χ3v) is 4.03. The van der Waals surface area contributed by atoms with Crippen LogP contribution >= 0.6 is 0 Å². The van der Waals surface area contributed by atoms with E-state index in [0.29, 0.717) is 17.1 Å². The number of nitrogens with zero attached hydrogens (tertiary/aromatic N) is 2. The van der Waals surface area contributed by atoms with Crippen molar-refractivity contribution in [2.24, 2.45) is 7.05 Å². The number of ether oxygens (including phenoxy) is 2. The Bertz CT molecular complexity index is 781. The van der Waals surface area contributed by atoms with E-state index in [9.17, 15) is 9.59 Å². The summed E-state index contributed by atoms with van der Waals surface area (Å²) in [5, 5.41) is 7.00. The molecule has 1 aromatic heterocycles. The zero-order chi connectivity index (χ0) is 19.3. The first-order valence-corrected chi connectivity index (χ1v) is 8.48. The minimum Gasteiger partial charge on any atom is -0.493 e. The van der Waals surface area contributed by atoms with Gasteiger partial charge in [-0.05, 0) is 39.8 Å². The van der Waals surface area contributed by atoms with E-state index >= 15 is 0 Å². The molecule has 0 bridgehead atoms. The SMILES string of the molecule is Cc1ccc(OCCC(=O)OC(C)C(=O)Nc2c(C)nn(C)c2C)cc1. The molecule has 7 nitrogen and oxygen atoms in total. The van der Waals surface area contributed by atoms with Crippen molar-refractivity contribution in [3.63, 3.8) is 0 Å². The number of hydrogen-bond donors (Lipinski definition) is 1. The van der Waals surface area contributed by atoms with Crippen LogP contribution in [0.25, 0.3) is 0 Å². The molecule has 1 unspecified atom stereocenters. The van der Waals surface area contributed by atoms with Crippen LogP contribution in [0.15, 0.2) is 24.3 Å². The Morgan fingerprint density at radius 2 is 1.85 bits per heavy atom. The minimum atomic E-state index is -0.902. The number of carbonyl (C=O) groups excluding carboxylic acids is 2. The highest BCUT2D eigenvalue weighted by Crippen LogP contribution is 2.18. The number of anilines is 1. The lowest BCUT2D eigenvalue weighted by molar-refractivity contribution is -0.153. The second kappa shape index (κ2) is 8.51. The number of esters is 1. The van der Waals surface area contributed by atoms with E-state index in [1.54, 1.807) is 11.7 Å². The molecule has 0 saturated carbocycles. The van der Waals surface area contributed by atoms with Crippen LogP contribution < -0.4 is 10.1 Å². The first-order chi connectivity index (χ1) is 12.3. The Morgan fingerprint density at radius 3 is 2.42 bits per heavy atom. The van der Waals surface area contributed by atoms with Gasteiger partial charge in [0.1, 0.15) is 5.75 Å². The number of carbonyl (C=O) groups is 2. The van der Waals surface area contributed by atoms with Crippen molar-refractivity contribution in [2.45, 2.75) is 40.2 Å². The van der Waals surface area contributed by atoms with Crippen LogP contribution in [-0.2, 0) is 21.4 Å². The Labute approximate surface area is 153 Å². The summed E-state index contributed by atoms with van der Waals surface area (Å²) in [5.41, 5.74) is 3.32. The van der Waals surface area contributed by atoms with E-state index in [4.69, 9.17) is 9.47 Å². The lowest BCUT2D eigenvalue weighted by Gasteiger charge is -2.14. The summed E-state index contributed by atoms with van der Waals surface area (Å²) in [6.45, 7) is 7.38. The number of hydrogen-bond acceptors (Lipinski definition) is 5. The summed E-state index contributed by atoms with van der Waals surface area (Å²) >= 11 is 0. The van der Waals surface area contributed by atoms with Crippen LogP contribution in [0, 0.1) is 20.8 Å².